The van der Waals surface area contributed by atoms with Gasteiger partial charge < -0.3 is 13.9 Å². The van der Waals surface area contributed by atoms with E-state index in [2.05, 4.69) is 0 Å². The highest BCUT2D eigenvalue weighted by atomic mass is 16.4. The van der Waals surface area contributed by atoms with Gasteiger partial charge in [-0.1, -0.05) is 60.7 Å². The first-order valence-electron chi connectivity index (χ1n) is 9.83. The van der Waals surface area contributed by atoms with Crippen LogP contribution < -0.4 is 5.63 Å². The van der Waals surface area contributed by atoms with E-state index in [-0.39, 0.29) is 5.63 Å². The van der Waals surface area contributed by atoms with E-state index in [0.717, 1.165) is 38.6 Å². The maximum Gasteiger partial charge on any atom is 0.336 e. The number of hydrogen-bond donors (Lipinski definition) is 1. The van der Waals surface area contributed by atoms with Crippen LogP contribution in [0.15, 0.2) is 86.4 Å². The number of benzene rings is 3. The van der Waals surface area contributed by atoms with E-state index in [9.17, 15) is 9.90 Å². The highest BCUT2D eigenvalue weighted by molar-refractivity contribution is 6.05. The summed E-state index contributed by atoms with van der Waals surface area (Å²) in [7, 11) is 0. The van der Waals surface area contributed by atoms with Crippen molar-refractivity contribution in [2.24, 2.45) is 0 Å². The number of aryl methyl sites for hydroxylation is 2. The molecule has 5 aromatic rings. The molecule has 0 saturated carbocycles. The molecule has 0 saturated heterocycles. The SMILES string of the molecule is Cc1cc(=O)oc2c(C)c3oc(C(O)c4ccccc4)c(-c4ccccc4)c3cc12. The van der Waals surface area contributed by atoms with Crippen LogP contribution in [0.2, 0.25) is 0 Å². The molecule has 2 heterocycles. The Balaban J connectivity index is 1.90. The van der Waals surface area contributed by atoms with Gasteiger partial charge in [0.25, 0.3) is 0 Å². The average Bonchev–Trinajstić information content (AvgIpc) is 3.15. The Morgan fingerprint density at radius 2 is 1.43 bits per heavy atom. The van der Waals surface area contributed by atoms with Gasteiger partial charge in [-0.05, 0) is 36.6 Å². The fourth-order valence-electron chi connectivity index (χ4n) is 4.08. The summed E-state index contributed by atoms with van der Waals surface area (Å²) in [5, 5.41) is 12.9. The van der Waals surface area contributed by atoms with Crippen molar-refractivity contribution in [3.05, 3.63) is 106 Å². The lowest BCUT2D eigenvalue weighted by Gasteiger charge is -2.11. The van der Waals surface area contributed by atoms with Crippen molar-refractivity contribution in [2.45, 2.75) is 20.0 Å². The lowest BCUT2D eigenvalue weighted by molar-refractivity contribution is 0.193. The number of hydrogen-bond acceptors (Lipinski definition) is 4. The minimum absolute atomic E-state index is 0.387. The first-order valence-corrected chi connectivity index (χ1v) is 9.83. The summed E-state index contributed by atoms with van der Waals surface area (Å²) in [6.45, 7) is 3.77. The van der Waals surface area contributed by atoms with Crippen molar-refractivity contribution in [3.8, 4) is 11.1 Å². The van der Waals surface area contributed by atoms with Gasteiger partial charge in [0, 0.05) is 28.0 Å². The molecule has 3 aromatic carbocycles. The largest absolute Gasteiger partial charge is 0.457 e. The van der Waals surface area contributed by atoms with Gasteiger partial charge >= 0.3 is 5.63 Å². The zero-order valence-electron chi connectivity index (χ0n) is 16.7. The maximum absolute atomic E-state index is 11.9. The molecule has 1 atom stereocenters. The Morgan fingerprint density at radius 3 is 2.13 bits per heavy atom. The molecule has 4 heteroatoms. The molecular formula is C26H20O4. The Hall–Kier alpha value is -3.63. The molecular weight excluding hydrogens is 376 g/mol. The molecule has 148 valence electrons. The summed E-state index contributed by atoms with van der Waals surface area (Å²) in [6.07, 6.45) is -0.926. The van der Waals surface area contributed by atoms with Crippen molar-refractivity contribution in [1.29, 1.82) is 0 Å². The second-order valence-electron chi connectivity index (χ2n) is 7.52. The van der Waals surface area contributed by atoms with Crippen LogP contribution in [0.5, 0.6) is 0 Å². The van der Waals surface area contributed by atoms with Crippen LogP contribution in [0.3, 0.4) is 0 Å². The fourth-order valence-corrected chi connectivity index (χ4v) is 4.08. The topological polar surface area (TPSA) is 63.6 Å². The summed E-state index contributed by atoms with van der Waals surface area (Å²) in [4.78, 5) is 11.9. The van der Waals surface area contributed by atoms with E-state index in [1.807, 2.05) is 80.6 Å². The maximum atomic E-state index is 11.9. The quantitative estimate of drug-likeness (QED) is 0.385. The van der Waals surface area contributed by atoms with Crippen molar-refractivity contribution in [2.75, 3.05) is 0 Å². The number of fused-ring (bicyclic) bond motifs is 2. The predicted molar refractivity (Wildman–Crippen MR) is 118 cm³/mol. The molecule has 0 aliphatic rings. The van der Waals surface area contributed by atoms with E-state index in [0.29, 0.717) is 16.9 Å². The molecule has 4 nitrogen and oxygen atoms in total. The third-order valence-corrected chi connectivity index (χ3v) is 5.57. The van der Waals surface area contributed by atoms with Gasteiger partial charge in [0.1, 0.15) is 23.0 Å². The van der Waals surface area contributed by atoms with E-state index in [4.69, 9.17) is 8.83 Å². The van der Waals surface area contributed by atoms with Crippen molar-refractivity contribution in [3.63, 3.8) is 0 Å². The number of furan rings is 1. The van der Waals surface area contributed by atoms with Gasteiger partial charge in [-0.2, -0.15) is 0 Å². The molecule has 0 amide bonds. The van der Waals surface area contributed by atoms with E-state index in [1.165, 1.54) is 6.07 Å². The van der Waals surface area contributed by atoms with E-state index >= 15 is 0 Å². The minimum atomic E-state index is -0.926. The Labute approximate surface area is 173 Å². The van der Waals surface area contributed by atoms with Gasteiger partial charge in [0.05, 0.1) is 0 Å². The van der Waals surface area contributed by atoms with Gasteiger partial charge in [-0.3, -0.25) is 0 Å². The fraction of sp³-hybridized carbons (Fsp3) is 0.115. The van der Waals surface area contributed by atoms with Crippen molar-refractivity contribution >= 4 is 21.9 Å². The lowest BCUT2D eigenvalue weighted by atomic mass is 9.95. The molecule has 0 aliphatic carbocycles. The second-order valence-corrected chi connectivity index (χ2v) is 7.52. The van der Waals surface area contributed by atoms with Crippen LogP contribution >= 0.6 is 0 Å². The standard InChI is InChI=1S/C26H20O4/c1-15-13-21(27)29-24-16(2)25-20(14-19(15)24)22(17-9-5-3-6-10-17)26(30-25)23(28)18-11-7-4-8-12-18/h3-14,23,28H,1-2H3. The third kappa shape index (κ3) is 2.85. The lowest BCUT2D eigenvalue weighted by Crippen LogP contribution is -1.99. The molecule has 0 aliphatic heterocycles. The number of rotatable bonds is 3. The molecule has 1 unspecified atom stereocenters. The Morgan fingerprint density at radius 1 is 0.800 bits per heavy atom. The Bertz CT molecular complexity index is 1430. The van der Waals surface area contributed by atoms with Crippen LogP contribution in [0.1, 0.15) is 28.6 Å². The highest BCUT2D eigenvalue weighted by Crippen LogP contribution is 2.43. The van der Waals surface area contributed by atoms with Gasteiger partial charge in [-0.25, -0.2) is 4.79 Å². The molecule has 0 spiro atoms. The highest BCUT2D eigenvalue weighted by Gasteiger charge is 2.25. The predicted octanol–water partition coefficient (Wildman–Crippen LogP) is 5.90. The molecule has 1 N–H and O–H groups in total. The number of aliphatic hydroxyl groups excluding tert-OH is 1. The first-order chi connectivity index (χ1) is 14.5. The molecule has 30 heavy (non-hydrogen) atoms. The molecule has 2 aromatic heterocycles. The normalized spacial score (nSPS) is 12.5. The molecule has 5 rings (SSSR count). The average molecular weight is 396 g/mol. The molecule has 0 radical (unpaired) electrons. The van der Waals surface area contributed by atoms with Crippen molar-refractivity contribution in [1.82, 2.24) is 0 Å². The van der Waals surface area contributed by atoms with Gasteiger partial charge in [0.15, 0.2) is 0 Å². The first kappa shape index (κ1) is 18.4. The minimum Gasteiger partial charge on any atom is -0.457 e. The van der Waals surface area contributed by atoms with Crippen LogP contribution in [0, 0.1) is 13.8 Å². The summed E-state index contributed by atoms with van der Waals surface area (Å²) in [6, 6.07) is 22.8. The van der Waals surface area contributed by atoms with Gasteiger partial charge in [0.2, 0.25) is 0 Å². The van der Waals surface area contributed by atoms with Crippen LogP contribution in [0.4, 0.5) is 0 Å². The Kier molecular flexibility index (Phi) is 4.30. The van der Waals surface area contributed by atoms with Gasteiger partial charge in [-0.15, -0.1) is 0 Å². The third-order valence-electron chi connectivity index (χ3n) is 5.57. The van der Waals surface area contributed by atoms with Crippen LogP contribution in [0.25, 0.3) is 33.1 Å². The van der Waals surface area contributed by atoms with E-state index < -0.39 is 6.10 Å². The zero-order chi connectivity index (χ0) is 20.8. The van der Waals surface area contributed by atoms with Crippen LogP contribution in [-0.4, -0.2) is 5.11 Å². The smallest absolute Gasteiger partial charge is 0.336 e. The monoisotopic (exact) mass is 396 g/mol. The summed E-state index contributed by atoms with van der Waals surface area (Å²) in [5.41, 5.74) is 4.87. The van der Waals surface area contributed by atoms with Crippen molar-refractivity contribution < 1.29 is 13.9 Å². The van der Waals surface area contributed by atoms with Crippen LogP contribution in [-0.2, 0) is 0 Å². The van der Waals surface area contributed by atoms with E-state index in [1.54, 1.807) is 0 Å². The summed E-state index contributed by atoms with van der Waals surface area (Å²) in [5.74, 6) is 0.473. The molecule has 0 bridgehead atoms. The summed E-state index contributed by atoms with van der Waals surface area (Å²) >= 11 is 0. The molecule has 0 fully saturated rings. The zero-order valence-corrected chi connectivity index (χ0v) is 16.7. The summed E-state index contributed by atoms with van der Waals surface area (Å²) < 4.78 is 11.8. The second kappa shape index (κ2) is 7.01. The number of aliphatic hydroxyl groups is 1.